The van der Waals surface area contributed by atoms with Gasteiger partial charge in [0.1, 0.15) is 0 Å². The van der Waals surface area contributed by atoms with Crippen LogP contribution in [-0.2, 0) is 6.54 Å². The smallest absolute Gasteiger partial charge is 0.257 e. The second-order valence-corrected chi connectivity index (χ2v) is 7.27. The minimum absolute atomic E-state index is 0.297. The lowest BCUT2D eigenvalue weighted by atomic mass is 10.1. The molecule has 0 fully saturated rings. The van der Waals surface area contributed by atoms with Crippen molar-refractivity contribution < 1.29 is 9.18 Å². The van der Waals surface area contributed by atoms with Crippen LogP contribution in [0, 0.1) is 5.95 Å². The molecule has 0 saturated heterocycles. The molecule has 0 radical (unpaired) electrons. The lowest BCUT2D eigenvalue weighted by Crippen LogP contribution is -2.16. The fourth-order valence-electron chi connectivity index (χ4n) is 3.44. The summed E-state index contributed by atoms with van der Waals surface area (Å²) >= 11 is 0. The number of carbonyl (C=O) groups excluding carboxylic acids is 1. The molecule has 0 atom stereocenters. The number of aromatic amines is 2. The molecular formula is C23H17FN6O2. The summed E-state index contributed by atoms with van der Waals surface area (Å²) in [5.41, 5.74) is 3.17. The molecule has 158 valence electrons. The lowest BCUT2D eigenvalue weighted by Gasteiger charge is -2.04. The van der Waals surface area contributed by atoms with Gasteiger partial charge in [-0.2, -0.15) is 9.49 Å². The number of hydrogen-bond acceptors (Lipinski definition) is 4. The molecule has 3 N–H and O–H groups in total. The number of benzene rings is 1. The van der Waals surface area contributed by atoms with E-state index >= 15 is 0 Å². The third-order valence-corrected chi connectivity index (χ3v) is 5.01. The molecule has 1 aromatic carbocycles. The first kappa shape index (κ1) is 19.4. The highest BCUT2D eigenvalue weighted by Crippen LogP contribution is 2.22. The van der Waals surface area contributed by atoms with Crippen molar-refractivity contribution in [3.63, 3.8) is 0 Å². The molecule has 0 aliphatic rings. The summed E-state index contributed by atoms with van der Waals surface area (Å²) in [6, 6.07) is 14.0. The van der Waals surface area contributed by atoms with Crippen LogP contribution in [-0.4, -0.2) is 30.6 Å². The predicted molar refractivity (Wildman–Crippen MR) is 118 cm³/mol. The fraction of sp³-hybridized carbons (Fsp3) is 0.0435. The number of H-pyrrole nitrogens is 2. The highest BCUT2D eigenvalue weighted by atomic mass is 19.1. The number of amides is 1. The van der Waals surface area contributed by atoms with E-state index in [9.17, 15) is 14.0 Å². The number of carbonyl (C=O) groups is 1. The zero-order valence-corrected chi connectivity index (χ0v) is 16.7. The molecule has 0 saturated carbocycles. The van der Waals surface area contributed by atoms with Crippen LogP contribution in [0.5, 0.6) is 0 Å². The Morgan fingerprint density at radius 3 is 2.81 bits per heavy atom. The molecule has 8 nitrogen and oxygen atoms in total. The average Bonchev–Trinajstić information content (AvgIpc) is 3.42. The highest BCUT2D eigenvalue weighted by Gasteiger charge is 2.13. The molecule has 0 bridgehead atoms. The highest BCUT2D eigenvalue weighted by molar-refractivity contribution is 6.04. The lowest BCUT2D eigenvalue weighted by molar-refractivity contribution is 0.102. The number of anilines is 1. The summed E-state index contributed by atoms with van der Waals surface area (Å²) in [5, 5.41) is 7.94. The Morgan fingerprint density at radius 2 is 2.00 bits per heavy atom. The monoisotopic (exact) mass is 428 g/mol. The molecule has 5 aromatic rings. The first-order valence-electron chi connectivity index (χ1n) is 9.80. The SMILES string of the molecule is O=C(Nc1cnn(Cc2ccc(F)nc2)c1)c1c[nH]c(=O)c(-c2cc3ccccc3[nH]2)c1. The standard InChI is InChI=1S/C23H17FN6O2/c24-21-6-5-14(9-25-21)12-30-13-17(11-27-30)28-22(31)16-7-18(23(32)26-10-16)20-8-15-3-1-2-4-19(15)29-20/h1-11,13,29H,12H2,(H,26,32)(H,28,31). The van der Waals surface area contributed by atoms with Crippen molar-refractivity contribution in [2.45, 2.75) is 6.54 Å². The molecule has 9 heteroatoms. The summed E-state index contributed by atoms with van der Waals surface area (Å²) in [6.45, 7) is 0.381. The Hall–Kier alpha value is -4.53. The number of fused-ring (bicyclic) bond motifs is 1. The second kappa shape index (κ2) is 7.95. The van der Waals surface area contributed by atoms with Gasteiger partial charge < -0.3 is 15.3 Å². The Bertz CT molecular complexity index is 1450. The number of halogens is 1. The molecule has 4 heterocycles. The van der Waals surface area contributed by atoms with Gasteiger partial charge in [0.05, 0.1) is 35.2 Å². The maximum absolute atomic E-state index is 12.9. The summed E-state index contributed by atoms with van der Waals surface area (Å²) in [6.07, 6.45) is 5.98. The van der Waals surface area contributed by atoms with Crippen molar-refractivity contribution in [1.29, 1.82) is 0 Å². The third kappa shape index (κ3) is 3.91. The number of rotatable bonds is 5. The summed E-state index contributed by atoms with van der Waals surface area (Å²) < 4.78 is 14.5. The Balaban J connectivity index is 1.35. The molecule has 0 aliphatic heterocycles. The van der Waals surface area contributed by atoms with Crippen LogP contribution < -0.4 is 10.9 Å². The van der Waals surface area contributed by atoms with Crippen LogP contribution in [0.1, 0.15) is 15.9 Å². The van der Waals surface area contributed by atoms with Crippen molar-refractivity contribution in [3.8, 4) is 11.3 Å². The van der Waals surface area contributed by atoms with E-state index in [1.54, 1.807) is 23.0 Å². The molecule has 0 unspecified atom stereocenters. The number of aromatic nitrogens is 5. The van der Waals surface area contributed by atoms with Gasteiger partial charge in [-0.3, -0.25) is 14.3 Å². The number of nitrogens with one attached hydrogen (secondary N) is 3. The Labute approximate surface area is 180 Å². The molecule has 4 aromatic heterocycles. The van der Waals surface area contributed by atoms with Crippen molar-refractivity contribution in [2.75, 3.05) is 5.32 Å². The predicted octanol–water partition coefficient (Wildman–Crippen LogP) is 3.55. The average molecular weight is 428 g/mol. The Morgan fingerprint density at radius 1 is 1.12 bits per heavy atom. The van der Waals surface area contributed by atoms with Crippen LogP contribution in [0.15, 0.2) is 78.1 Å². The summed E-state index contributed by atoms with van der Waals surface area (Å²) in [7, 11) is 0. The minimum Gasteiger partial charge on any atom is -0.354 e. The van der Waals surface area contributed by atoms with Crippen molar-refractivity contribution >= 4 is 22.5 Å². The third-order valence-electron chi connectivity index (χ3n) is 5.01. The van der Waals surface area contributed by atoms with Gasteiger partial charge in [0.25, 0.3) is 11.5 Å². The van der Waals surface area contributed by atoms with Crippen LogP contribution >= 0.6 is 0 Å². The molecular weight excluding hydrogens is 411 g/mol. The van der Waals surface area contributed by atoms with E-state index in [0.717, 1.165) is 16.5 Å². The van der Waals surface area contributed by atoms with Gasteiger partial charge in [0, 0.05) is 29.5 Å². The van der Waals surface area contributed by atoms with E-state index in [4.69, 9.17) is 0 Å². The number of hydrogen-bond donors (Lipinski definition) is 3. The van der Waals surface area contributed by atoms with E-state index in [2.05, 4.69) is 25.4 Å². The van der Waals surface area contributed by atoms with E-state index in [1.165, 1.54) is 24.7 Å². The van der Waals surface area contributed by atoms with Crippen molar-refractivity contribution in [1.82, 2.24) is 24.7 Å². The molecule has 0 aliphatic carbocycles. The summed E-state index contributed by atoms with van der Waals surface area (Å²) in [4.78, 5) is 34.6. The number of nitrogens with zero attached hydrogens (tertiary/aromatic N) is 3. The van der Waals surface area contributed by atoms with Crippen molar-refractivity contribution in [3.05, 3.63) is 101 Å². The molecule has 5 rings (SSSR count). The maximum atomic E-state index is 12.9. The van der Waals surface area contributed by atoms with Crippen molar-refractivity contribution in [2.24, 2.45) is 0 Å². The minimum atomic E-state index is -0.546. The van der Waals surface area contributed by atoms with Crippen LogP contribution in [0.2, 0.25) is 0 Å². The normalized spacial score (nSPS) is 11.0. The summed E-state index contributed by atoms with van der Waals surface area (Å²) in [5.74, 6) is -0.934. The first-order valence-corrected chi connectivity index (χ1v) is 9.80. The van der Waals surface area contributed by atoms with Gasteiger partial charge in [-0.1, -0.05) is 24.3 Å². The van der Waals surface area contributed by atoms with Gasteiger partial charge >= 0.3 is 0 Å². The number of para-hydroxylation sites is 1. The van der Waals surface area contributed by atoms with Gasteiger partial charge in [0.15, 0.2) is 0 Å². The largest absolute Gasteiger partial charge is 0.354 e. The van der Waals surface area contributed by atoms with Gasteiger partial charge in [-0.15, -0.1) is 0 Å². The maximum Gasteiger partial charge on any atom is 0.257 e. The zero-order valence-electron chi connectivity index (χ0n) is 16.7. The second-order valence-electron chi connectivity index (χ2n) is 7.27. The molecule has 1 amide bonds. The molecule has 32 heavy (non-hydrogen) atoms. The van der Waals surface area contributed by atoms with E-state index in [-0.39, 0.29) is 11.5 Å². The Kier molecular flexibility index (Phi) is 4.83. The van der Waals surface area contributed by atoms with Gasteiger partial charge in [0.2, 0.25) is 5.95 Å². The first-order chi connectivity index (χ1) is 15.5. The fourth-order valence-corrected chi connectivity index (χ4v) is 3.44. The molecule has 0 spiro atoms. The van der Waals surface area contributed by atoms with Gasteiger partial charge in [-0.25, -0.2) is 4.98 Å². The van der Waals surface area contributed by atoms with Crippen LogP contribution in [0.3, 0.4) is 0 Å². The van der Waals surface area contributed by atoms with Crippen LogP contribution in [0.4, 0.5) is 10.1 Å². The zero-order chi connectivity index (χ0) is 22.1. The van der Waals surface area contributed by atoms with E-state index in [1.807, 2.05) is 30.3 Å². The topological polar surface area (TPSA) is 108 Å². The van der Waals surface area contributed by atoms with Crippen LogP contribution in [0.25, 0.3) is 22.2 Å². The quantitative estimate of drug-likeness (QED) is 0.372. The number of pyridine rings is 2. The van der Waals surface area contributed by atoms with E-state index in [0.29, 0.717) is 29.1 Å². The van der Waals surface area contributed by atoms with Gasteiger partial charge in [-0.05, 0) is 29.8 Å². The van der Waals surface area contributed by atoms with E-state index < -0.39 is 5.95 Å².